The van der Waals surface area contributed by atoms with Crippen LogP contribution >= 0.6 is 11.6 Å². The maximum Gasteiger partial charge on any atom is 0.322 e. The Hall–Kier alpha value is -2.18. The summed E-state index contributed by atoms with van der Waals surface area (Å²) < 4.78 is 10.8. The normalized spacial score (nSPS) is 18.0. The zero-order valence-corrected chi connectivity index (χ0v) is 12.4. The molecule has 2 heterocycles. The third kappa shape index (κ3) is 3.52. The number of anilines is 1. The number of hydrogen-bond acceptors (Lipinski definition) is 5. The predicted octanol–water partition coefficient (Wildman–Crippen LogP) is 3.23. The number of ether oxygens (including phenoxy) is 1. The summed E-state index contributed by atoms with van der Waals surface area (Å²) in [5, 5.41) is 10.8. The van der Waals surface area contributed by atoms with E-state index in [4.69, 9.17) is 20.8 Å². The van der Waals surface area contributed by atoms with Gasteiger partial charge in [-0.25, -0.2) is 0 Å². The van der Waals surface area contributed by atoms with Crippen LogP contribution in [0.3, 0.4) is 0 Å². The first-order valence-electron chi connectivity index (χ1n) is 6.91. The number of amides is 1. The van der Waals surface area contributed by atoms with Crippen molar-refractivity contribution in [3.8, 4) is 0 Å². The summed E-state index contributed by atoms with van der Waals surface area (Å²) in [7, 11) is 0. The van der Waals surface area contributed by atoms with E-state index in [1.807, 2.05) is 18.2 Å². The van der Waals surface area contributed by atoms with Gasteiger partial charge in [0.15, 0.2) is 0 Å². The highest BCUT2D eigenvalue weighted by Gasteiger charge is 2.23. The number of hydrogen-bond donors (Lipinski definition) is 1. The van der Waals surface area contributed by atoms with E-state index in [9.17, 15) is 4.79 Å². The monoisotopic (exact) mass is 319 g/mol. The van der Waals surface area contributed by atoms with Gasteiger partial charge >= 0.3 is 6.01 Å². The summed E-state index contributed by atoms with van der Waals surface area (Å²) in [5.74, 6) is 0.0188. The standard InChI is InChI=1S/C15H14ClN3O3/c16-11-5-2-1-4-10(11)7-8-13(20)17-15-19-18-14(22-15)12-6-3-9-21-12/h1-2,4-5,7-8,12H,3,6,9H2,(H,17,19,20)/b8-7+. The minimum atomic E-state index is -0.373. The van der Waals surface area contributed by atoms with Crippen molar-refractivity contribution in [2.45, 2.75) is 18.9 Å². The van der Waals surface area contributed by atoms with Crippen LogP contribution in [0.5, 0.6) is 0 Å². The maximum absolute atomic E-state index is 11.8. The van der Waals surface area contributed by atoms with E-state index >= 15 is 0 Å². The zero-order valence-electron chi connectivity index (χ0n) is 11.7. The van der Waals surface area contributed by atoms with Crippen molar-refractivity contribution < 1.29 is 13.9 Å². The molecule has 3 rings (SSSR count). The molecule has 2 aromatic rings. The molecule has 1 amide bonds. The summed E-state index contributed by atoms with van der Waals surface area (Å²) in [5.41, 5.74) is 0.755. The van der Waals surface area contributed by atoms with Gasteiger partial charge in [0.05, 0.1) is 0 Å². The Morgan fingerprint density at radius 1 is 1.36 bits per heavy atom. The molecule has 0 radical (unpaired) electrons. The van der Waals surface area contributed by atoms with Crippen LogP contribution < -0.4 is 5.32 Å². The SMILES string of the molecule is O=C(/C=C/c1ccccc1Cl)Nc1nnc(C2CCCO2)o1. The molecule has 1 aliphatic rings. The van der Waals surface area contributed by atoms with Crippen molar-refractivity contribution in [1.29, 1.82) is 0 Å². The van der Waals surface area contributed by atoms with Gasteiger partial charge in [0, 0.05) is 17.7 Å². The second kappa shape index (κ2) is 6.72. The molecule has 1 aromatic carbocycles. The fraction of sp³-hybridized carbons (Fsp3) is 0.267. The van der Waals surface area contributed by atoms with Gasteiger partial charge in [-0.1, -0.05) is 34.9 Å². The Balaban J connectivity index is 1.61. The topological polar surface area (TPSA) is 77.2 Å². The summed E-state index contributed by atoms with van der Waals surface area (Å²) in [4.78, 5) is 11.8. The number of carbonyl (C=O) groups excluding carboxylic acids is 1. The lowest BCUT2D eigenvalue weighted by atomic mass is 10.2. The molecule has 1 atom stereocenters. The highest BCUT2D eigenvalue weighted by molar-refractivity contribution is 6.32. The summed E-state index contributed by atoms with van der Waals surface area (Å²) in [6.45, 7) is 0.690. The van der Waals surface area contributed by atoms with Crippen molar-refractivity contribution in [2.24, 2.45) is 0 Å². The summed E-state index contributed by atoms with van der Waals surface area (Å²) >= 11 is 6.01. The summed E-state index contributed by atoms with van der Waals surface area (Å²) in [6, 6.07) is 7.29. The van der Waals surface area contributed by atoms with Crippen molar-refractivity contribution in [1.82, 2.24) is 10.2 Å². The van der Waals surface area contributed by atoms with Crippen molar-refractivity contribution >= 4 is 29.6 Å². The molecule has 1 unspecified atom stereocenters. The third-order valence-corrected chi connectivity index (χ3v) is 3.54. The van der Waals surface area contributed by atoms with E-state index in [-0.39, 0.29) is 18.0 Å². The quantitative estimate of drug-likeness (QED) is 0.875. The van der Waals surface area contributed by atoms with E-state index in [1.54, 1.807) is 12.1 Å². The molecular weight excluding hydrogens is 306 g/mol. The maximum atomic E-state index is 11.8. The van der Waals surface area contributed by atoms with E-state index in [1.165, 1.54) is 6.08 Å². The van der Waals surface area contributed by atoms with Gasteiger partial charge in [-0.3, -0.25) is 10.1 Å². The Morgan fingerprint density at radius 2 is 2.23 bits per heavy atom. The number of nitrogens with zero attached hydrogens (tertiary/aromatic N) is 2. The number of carbonyl (C=O) groups is 1. The van der Waals surface area contributed by atoms with E-state index in [0.29, 0.717) is 17.5 Å². The molecule has 0 saturated carbocycles. The predicted molar refractivity (Wildman–Crippen MR) is 81.3 cm³/mol. The molecule has 1 saturated heterocycles. The molecule has 0 spiro atoms. The first-order valence-corrected chi connectivity index (χ1v) is 7.29. The number of benzene rings is 1. The van der Waals surface area contributed by atoms with Crippen LogP contribution in [0.15, 0.2) is 34.8 Å². The lowest BCUT2D eigenvalue weighted by molar-refractivity contribution is -0.112. The van der Waals surface area contributed by atoms with Gasteiger partial charge in [0.2, 0.25) is 5.89 Å². The lowest BCUT2D eigenvalue weighted by Gasteiger charge is -2.01. The fourth-order valence-electron chi connectivity index (χ4n) is 2.11. The largest absolute Gasteiger partial charge is 0.405 e. The Kier molecular flexibility index (Phi) is 4.50. The van der Waals surface area contributed by atoms with Gasteiger partial charge < -0.3 is 9.15 Å². The van der Waals surface area contributed by atoms with Gasteiger partial charge in [-0.2, -0.15) is 0 Å². The minimum Gasteiger partial charge on any atom is -0.405 e. The highest BCUT2D eigenvalue weighted by atomic mass is 35.5. The third-order valence-electron chi connectivity index (χ3n) is 3.20. The van der Waals surface area contributed by atoms with Gasteiger partial charge in [-0.05, 0) is 30.5 Å². The lowest BCUT2D eigenvalue weighted by Crippen LogP contribution is -2.07. The summed E-state index contributed by atoms with van der Waals surface area (Å²) in [6.07, 6.45) is 4.63. The zero-order chi connectivity index (χ0) is 15.4. The molecule has 0 aliphatic carbocycles. The van der Waals surface area contributed by atoms with Gasteiger partial charge in [0.25, 0.3) is 5.91 Å². The molecule has 0 bridgehead atoms. The average Bonchev–Trinajstić information content (AvgIpc) is 3.17. The van der Waals surface area contributed by atoms with E-state index < -0.39 is 0 Å². The molecular formula is C15H14ClN3O3. The molecule has 7 heteroatoms. The van der Waals surface area contributed by atoms with E-state index in [2.05, 4.69) is 15.5 Å². The number of halogens is 1. The van der Waals surface area contributed by atoms with Crippen LogP contribution in [0.1, 0.15) is 30.4 Å². The average molecular weight is 320 g/mol. The van der Waals surface area contributed by atoms with Crippen molar-refractivity contribution in [3.63, 3.8) is 0 Å². The van der Waals surface area contributed by atoms with Crippen molar-refractivity contribution in [2.75, 3.05) is 11.9 Å². The molecule has 114 valence electrons. The van der Waals surface area contributed by atoms with Crippen LogP contribution in [0.25, 0.3) is 6.08 Å². The molecule has 1 N–H and O–H groups in total. The van der Waals surface area contributed by atoms with Gasteiger partial charge in [0.1, 0.15) is 6.10 Å². The number of nitrogens with one attached hydrogen (secondary N) is 1. The van der Waals surface area contributed by atoms with Crippen LogP contribution in [0.2, 0.25) is 5.02 Å². The van der Waals surface area contributed by atoms with Crippen LogP contribution in [-0.4, -0.2) is 22.7 Å². The first-order chi connectivity index (χ1) is 10.7. The number of aromatic nitrogens is 2. The Labute approximate surface area is 132 Å². The molecule has 22 heavy (non-hydrogen) atoms. The Morgan fingerprint density at radius 3 is 3.00 bits per heavy atom. The van der Waals surface area contributed by atoms with Crippen molar-refractivity contribution in [3.05, 3.63) is 46.8 Å². The van der Waals surface area contributed by atoms with Gasteiger partial charge in [-0.15, -0.1) is 5.10 Å². The van der Waals surface area contributed by atoms with E-state index in [0.717, 1.165) is 18.4 Å². The molecule has 1 fully saturated rings. The Bertz CT molecular complexity index is 693. The molecule has 1 aliphatic heterocycles. The second-order valence-corrected chi connectivity index (χ2v) is 5.20. The van der Waals surface area contributed by atoms with Crippen LogP contribution in [-0.2, 0) is 9.53 Å². The smallest absolute Gasteiger partial charge is 0.322 e. The second-order valence-electron chi connectivity index (χ2n) is 4.79. The van der Waals surface area contributed by atoms with Crippen LogP contribution in [0, 0.1) is 0 Å². The number of rotatable bonds is 4. The first kappa shape index (κ1) is 14.7. The molecule has 6 nitrogen and oxygen atoms in total. The van der Waals surface area contributed by atoms with Crippen LogP contribution in [0.4, 0.5) is 6.01 Å². The minimum absolute atomic E-state index is 0.0549. The fourth-order valence-corrected chi connectivity index (χ4v) is 2.31. The highest BCUT2D eigenvalue weighted by Crippen LogP contribution is 2.28. The molecule has 1 aromatic heterocycles.